The van der Waals surface area contributed by atoms with Gasteiger partial charge >= 0.3 is 5.97 Å². The van der Waals surface area contributed by atoms with E-state index in [9.17, 15) is 19.5 Å². The number of carboxylic acid groups (broad SMARTS) is 1. The van der Waals surface area contributed by atoms with Crippen molar-refractivity contribution in [3.63, 3.8) is 0 Å². The molecule has 8 heteroatoms. The lowest BCUT2D eigenvalue weighted by Gasteiger charge is -2.36. The first kappa shape index (κ1) is 24.7. The molecule has 2 N–H and O–H groups in total. The number of carbonyl (C=O) groups excluding carboxylic acids is 2. The van der Waals surface area contributed by atoms with Gasteiger partial charge in [0, 0.05) is 17.2 Å². The SMILES string of the molecule is CCC(C)C1(C(=O)O)NC(c2ccc(OC)c(C)c2OC)C2C(=O)N(Cc3ccccc3)C(=O)C21. The third kappa shape index (κ3) is 3.67. The van der Waals surface area contributed by atoms with Crippen molar-refractivity contribution in [1.29, 1.82) is 0 Å². The van der Waals surface area contributed by atoms with Crippen LogP contribution in [-0.2, 0) is 20.9 Å². The van der Waals surface area contributed by atoms with Gasteiger partial charge in [0.05, 0.1) is 32.6 Å². The standard InChI is InChI=1S/C27H32N2O6/c1-6-15(2)27(26(32)33)21-20(24(30)29(25(21)31)14-17-10-8-7-9-11-17)22(28-27)18-12-13-19(34-4)16(3)23(18)35-5/h7-13,15,20-22,28H,6,14H2,1-5H3,(H,32,33). The van der Waals surface area contributed by atoms with Crippen molar-refractivity contribution in [2.75, 3.05) is 14.2 Å². The molecule has 0 aromatic heterocycles. The summed E-state index contributed by atoms with van der Waals surface area (Å²) in [5.41, 5.74) is 0.581. The van der Waals surface area contributed by atoms with Crippen molar-refractivity contribution in [3.8, 4) is 11.5 Å². The van der Waals surface area contributed by atoms with E-state index in [1.165, 1.54) is 12.0 Å². The summed E-state index contributed by atoms with van der Waals surface area (Å²) >= 11 is 0. The monoisotopic (exact) mass is 480 g/mol. The molecule has 2 aliphatic rings. The molecule has 8 nitrogen and oxygen atoms in total. The minimum atomic E-state index is -1.60. The van der Waals surface area contributed by atoms with Gasteiger partial charge in [0.2, 0.25) is 11.8 Å². The molecule has 2 aromatic carbocycles. The zero-order valence-corrected chi connectivity index (χ0v) is 20.7. The Bertz CT molecular complexity index is 1150. The number of likely N-dealkylation sites (tertiary alicyclic amines) is 1. The Morgan fingerprint density at radius 2 is 1.80 bits per heavy atom. The van der Waals surface area contributed by atoms with Crippen LogP contribution in [0.5, 0.6) is 11.5 Å². The number of nitrogens with zero attached hydrogens (tertiary/aromatic N) is 1. The number of imide groups is 1. The Labute approximate surface area is 205 Å². The van der Waals surface area contributed by atoms with E-state index in [0.717, 1.165) is 11.1 Å². The van der Waals surface area contributed by atoms with Crippen molar-refractivity contribution in [2.24, 2.45) is 17.8 Å². The second-order valence-electron chi connectivity index (χ2n) is 9.37. The molecule has 0 saturated carbocycles. The van der Waals surface area contributed by atoms with Crippen molar-refractivity contribution in [1.82, 2.24) is 10.2 Å². The van der Waals surface area contributed by atoms with Gasteiger partial charge in [-0.2, -0.15) is 0 Å². The Morgan fingerprint density at radius 1 is 1.11 bits per heavy atom. The van der Waals surface area contributed by atoms with E-state index in [2.05, 4.69) is 5.32 Å². The molecule has 2 fully saturated rings. The summed E-state index contributed by atoms with van der Waals surface area (Å²) in [7, 11) is 3.09. The number of carboxylic acids is 1. The van der Waals surface area contributed by atoms with Crippen molar-refractivity contribution >= 4 is 17.8 Å². The van der Waals surface area contributed by atoms with Gasteiger partial charge in [-0.3, -0.25) is 24.6 Å². The van der Waals surface area contributed by atoms with Gasteiger partial charge in [-0.25, -0.2) is 0 Å². The van der Waals surface area contributed by atoms with Crippen LogP contribution in [-0.4, -0.2) is 47.5 Å². The van der Waals surface area contributed by atoms with Crippen molar-refractivity contribution in [2.45, 2.75) is 45.3 Å². The predicted octanol–water partition coefficient (Wildman–Crippen LogP) is 3.33. The molecule has 4 rings (SSSR count). The average molecular weight is 481 g/mol. The van der Waals surface area contributed by atoms with E-state index >= 15 is 0 Å². The van der Waals surface area contributed by atoms with Crippen LogP contribution < -0.4 is 14.8 Å². The number of benzene rings is 2. The highest BCUT2D eigenvalue weighted by Gasteiger charge is 2.70. The number of ether oxygens (including phenoxy) is 2. The molecule has 0 aliphatic carbocycles. The Kier molecular flexibility index (Phi) is 6.60. The largest absolute Gasteiger partial charge is 0.496 e. The summed E-state index contributed by atoms with van der Waals surface area (Å²) in [5, 5.41) is 13.8. The smallest absolute Gasteiger partial charge is 0.325 e. The summed E-state index contributed by atoms with van der Waals surface area (Å²) < 4.78 is 11.1. The zero-order valence-electron chi connectivity index (χ0n) is 20.7. The number of rotatable bonds is 8. The average Bonchev–Trinajstić information content (AvgIpc) is 3.34. The Hall–Kier alpha value is -3.39. The van der Waals surface area contributed by atoms with E-state index in [0.29, 0.717) is 23.5 Å². The second kappa shape index (κ2) is 9.34. The number of aliphatic carboxylic acids is 1. The lowest BCUT2D eigenvalue weighted by atomic mass is 9.72. The molecule has 35 heavy (non-hydrogen) atoms. The van der Waals surface area contributed by atoms with Gasteiger partial charge in [0.1, 0.15) is 17.0 Å². The molecular formula is C27H32N2O6. The Morgan fingerprint density at radius 3 is 2.37 bits per heavy atom. The van der Waals surface area contributed by atoms with E-state index < -0.39 is 41.2 Å². The van der Waals surface area contributed by atoms with Crippen LogP contribution in [0, 0.1) is 24.7 Å². The maximum atomic E-state index is 13.8. The predicted molar refractivity (Wildman–Crippen MR) is 129 cm³/mol. The van der Waals surface area contributed by atoms with Gasteiger partial charge < -0.3 is 14.6 Å². The highest BCUT2D eigenvalue weighted by atomic mass is 16.5. The zero-order chi connectivity index (χ0) is 25.5. The molecule has 0 spiro atoms. The van der Waals surface area contributed by atoms with Crippen LogP contribution in [0.4, 0.5) is 0 Å². The van der Waals surface area contributed by atoms with Gasteiger partial charge in [-0.1, -0.05) is 56.7 Å². The van der Waals surface area contributed by atoms with Gasteiger partial charge in [0.15, 0.2) is 0 Å². The van der Waals surface area contributed by atoms with Crippen molar-refractivity contribution < 1.29 is 29.0 Å². The molecular weight excluding hydrogens is 448 g/mol. The number of carbonyl (C=O) groups is 3. The van der Waals surface area contributed by atoms with Gasteiger partial charge in [0.25, 0.3) is 0 Å². The number of hydrogen-bond acceptors (Lipinski definition) is 6. The van der Waals surface area contributed by atoms with Crippen molar-refractivity contribution in [3.05, 3.63) is 59.2 Å². The fourth-order valence-electron chi connectivity index (χ4n) is 5.80. The summed E-state index contributed by atoms with van der Waals surface area (Å²) in [6, 6.07) is 12.1. The third-order valence-corrected chi connectivity index (χ3v) is 7.76. The molecule has 5 atom stereocenters. The fourth-order valence-corrected chi connectivity index (χ4v) is 5.80. The first-order valence-corrected chi connectivity index (χ1v) is 11.8. The third-order valence-electron chi connectivity index (χ3n) is 7.76. The highest BCUT2D eigenvalue weighted by molar-refractivity contribution is 6.09. The van der Waals surface area contributed by atoms with Crippen LogP contribution in [0.25, 0.3) is 0 Å². The summed E-state index contributed by atoms with van der Waals surface area (Å²) in [6.45, 7) is 5.65. The summed E-state index contributed by atoms with van der Waals surface area (Å²) in [5.74, 6) is -3.15. The molecule has 2 aromatic rings. The van der Waals surface area contributed by atoms with Crippen LogP contribution in [0.15, 0.2) is 42.5 Å². The minimum absolute atomic E-state index is 0.104. The molecule has 2 heterocycles. The quantitative estimate of drug-likeness (QED) is 0.559. The number of hydrogen-bond donors (Lipinski definition) is 2. The van der Waals surface area contributed by atoms with Crippen LogP contribution in [0.3, 0.4) is 0 Å². The topological polar surface area (TPSA) is 105 Å². The molecule has 0 bridgehead atoms. The number of amides is 2. The molecule has 2 amide bonds. The fraction of sp³-hybridized carbons (Fsp3) is 0.444. The Balaban J connectivity index is 1.88. The van der Waals surface area contributed by atoms with E-state index in [1.807, 2.05) is 51.1 Å². The second-order valence-corrected chi connectivity index (χ2v) is 9.37. The first-order valence-electron chi connectivity index (χ1n) is 11.8. The van der Waals surface area contributed by atoms with E-state index in [4.69, 9.17) is 9.47 Å². The summed E-state index contributed by atoms with van der Waals surface area (Å²) in [6.07, 6.45) is 0.522. The first-order chi connectivity index (χ1) is 16.7. The number of fused-ring (bicyclic) bond motifs is 1. The summed E-state index contributed by atoms with van der Waals surface area (Å²) in [4.78, 5) is 41.7. The normalized spacial score (nSPS) is 26.5. The maximum absolute atomic E-state index is 13.8. The van der Waals surface area contributed by atoms with Crippen LogP contribution in [0.1, 0.15) is 43.0 Å². The van der Waals surface area contributed by atoms with E-state index in [-0.39, 0.29) is 12.5 Å². The lowest BCUT2D eigenvalue weighted by molar-refractivity contribution is -0.154. The molecule has 5 unspecified atom stereocenters. The van der Waals surface area contributed by atoms with Gasteiger partial charge in [-0.15, -0.1) is 0 Å². The number of nitrogens with one attached hydrogen (secondary N) is 1. The van der Waals surface area contributed by atoms with E-state index in [1.54, 1.807) is 19.2 Å². The van der Waals surface area contributed by atoms with Crippen LogP contribution in [0.2, 0.25) is 0 Å². The molecule has 2 aliphatic heterocycles. The molecule has 2 saturated heterocycles. The lowest BCUT2D eigenvalue weighted by Crippen LogP contribution is -2.59. The minimum Gasteiger partial charge on any atom is -0.496 e. The van der Waals surface area contributed by atoms with Gasteiger partial charge in [-0.05, 0) is 24.5 Å². The molecule has 186 valence electrons. The molecule has 0 radical (unpaired) electrons. The van der Waals surface area contributed by atoms with Crippen LogP contribution >= 0.6 is 0 Å². The number of methoxy groups -OCH3 is 2. The maximum Gasteiger partial charge on any atom is 0.325 e. The highest BCUT2D eigenvalue weighted by Crippen LogP contribution is 2.54.